The summed E-state index contributed by atoms with van der Waals surface area (Å²) in [6.07, 6.45) is 0. The first kappa shape index (κ1) is 20.9. The number of rotatable bonds is 6. The van der Waals surface area contributed by atoms with E-state index in [4.69, 9.17) is 27.9 Å². The maximum atomic E-state index is 12.5. The van der Waals surface area contributed by atoms with E-state index in [1.165, 1.54) is 4.68 Å². The molecule has 0 radical (unpaired) electrons. The van der Waals surface area contributed by atoms with E-state index in [1.807, 2.05) is 43.3 Å². The number of nitrogens with zero attached hydrogens (tertiary/aromatic N) is 2. The van der Waals surface area contributed by atoms with Crippen molar-refractivity contribution >= 4 is 40.8 Å². The zero-order chi connectivity index (χ0) is 21.0. The van der Waals surface area contributed by atoms with Gasteiger partial charge in [0.1, 0.15) is 10.7 Å². The van der Waals surface area contributed by atoms with E-state index in [9.17, 15) is 9.59 Å². The molecule has 2 aromatic carbocycles. The number of ether oxygens (including phenoxy) is 1. The number of esters is 1. The van der Waals surface area contributed by atoms with Gasteiger partial charge in [-0.2, -0.15) is 5.10 Å². The van der Waals surface area contributed by atoms with Crippen LogP contribution < -0.4 is 5.32 Å². The SMILES string of the molecule is Cc1cccc(NC(=O)COC(=O)c2c(C)nn(Cc3ccccc3Cl)c2Cl)c1. The second kappa shape index (κ2) is 9.11. The summed E-state index contributed by atoms with van der Waals surface area (Å²) in [7, 11) is 0. The second-order valence-electron chi connectivity index (χ2n) is 6.49. The molecule has 0 unspecified atom stereocenters. The third-order valence-corrected chi connectivity index (χ3v) is 4.94. The van der Waals surface area contributed by atoms with Gasteiger partial charge in [-0.3, -0.25) is 4.79 Å². The molecular weight excluding hydrogens is 413 g/mol. The van der Waals surface area contributed by atoms with Crippen LogP contribution in [-0.4, -0.2) is 28.3 Å². The Morgan fingerprint density at radius 2 is 1.86 bits per heavy atom. The largest absolute Gasteiger partial charge is 0.452 e. The van der Waals surface area contributed by atoms with Gasteiger partial charge in [0.2, 0.25) is 0 Å². The molecule has 150 valence electrons. The van der Waals surface area contributed by atoms with Crippen LogP contribution in [0.4, 0.5) is 5.69 Å². The number of amides is 1. The minimum Gasteiger partial charge on any atom is -0.452 e. The fourth-order valence-corrected chi connectivity index (χ4v) is 3.31. The Morgan fingerprint density at radius 3 is 2.59 bits per heavy atom. The molecule has 29 heavy (non-hydrogen) atoms. The van der Waals surface area contributed by atoms with Crippen LogP contribution in [0.5, 0.6) is 0 Å². The van der Waals surface area contributed by atoms with Crippen molar-refractivity contribution in [1.29, 1.82) is 0 Å². The zero-order valence-electron chi connectivity index (χ0n) is 15.9. The van der Waals surface area contributed by atoms with Gasteiger partial charge in [-0.1, -0.05) is 53.5 Å². The lowest BCUT2D eigenvalue weighted by atomic mass is 10.2. The molecule has 0 spiro atoms. The van der Waals surface area contributed by atoms with Gasteiger partial charge in [-0.05, 0) is 43.2 Å². The average molecular weight is 432 g/mol. The number of nitrogens with one attached hydrogen (secondary N) is 1. The lowest BCUT2D eigenvalue weighted by Crippen LogP contribution is -2.21. The number of aryl methyl sites for hydroxylation is 2. The number of benzene rings is 2. The van der Waals surface area contributed by atoms with E-state index >= 15 is 0 Å². The van der Waals surface area contributed by atoms with Gasteiger partial charge in [0.15, 0.2) is 6.61 Å². The molecule has 0 saturated carbocycles. The number of hydrogen-bond acceptors (Lipinski definition) is 4. The minimum absolute atomic E-state index is 0.127. The number of hydrogen-bond donors (Lipinski definition) is 1. The first-order valence-corrected chi connectivity index (χ1v) is 9.60. The van der Waals surface area contributed by atoms with Crippen LogP contribution in [0.25, 0.3) is 0 Å². The molecule has 1 N–H and O–H groups in total. The molecular formula is C21H19Cl2N3O3. The highest BCUT2D eigenvalue weighted by Gasteiger charge is 2.23. The van der Waals surface area contributed by atoms with Crippen molar-refractivity contribution in [3.05, 3.63) is 81.1 Å². The van der Waals surface area contributed by atoms with E-state index in [0.717, 1.165) is 11.1 Å². The summed E-state index contributed by atoms with van der Waals surface area (Å²) in [6.45, 7) is 3.44. The van der Waals surface area contributed by atoms with Crippen molar-refractivity contribution in [2.75, 3.05) is 11.9 Å². The van der Waals surface area contributed by atoms with Crippen molar-refractivity contribution in [3.8, 4) is 0 Å². The summed E-state index contributed by atoms with van der Waals surface area (Å²) in [4.78, 5) is 24.5. The van der Waals surface area contributed by atoms with E-state index in [-0.39, 0.29) is 10.7 Å². The van der Waals surface area contributed by atoms with Crippen molar-refractivity contribution in [2.45, 2.75) is 20.4 Å². The minimum atomic E-state index is -0.711. The number of carbonyl (C=O) groups is 2. The predicted octanol–water partition coefficient (Wildman–Crippen LogP) is 4.65. The number of carbonyl (C=O) groups excluding carboxylic acids is 2. The topological polar surface area (TPSA) is 73.2 Å². The van der Waals surface area contributed by atoms with Gasteiger partial charge >= 0.3 is 5.97 Å². The molecule has 8 heteroatoms. The molecule has 0 aliphatic carbocycles. The smallest absolute Gasteiger partial charge is 0.343 e. The summed E-state index contributed by atoms with van der Waals surface area (Å²) < 4.78 is 6.60. The fourth-order valence-electron chi connectivity index (χ4n) is 2.80. The van der Waals surface area contributed by atoms with E-state index in [2.05, 4.69) is 10.4 Å². The third-order valence-electron chi connectivity index (χ3n) is 4.18. The molecule has 0 aliphatic heterocycles. The standard InChI is InChI=1S/C21H19Cl2N3O3/c1-13-6-5-8-16(10-13)24-18(27)12-29-21(28)19-14(2)25-26(20(19)23)11-15-7-3-4-9-17(15)22/h3-10H,11-12H2,1-2H3,(H,24,27). The van der Waals surface area contributed by atoms with Crippen LogP contribution in [0.15, 0.2) is 48.5 Å². The first-order valence-electron chi connectivity index (χ1n) is 8.85. The van der Waals surface area contributed by atoms with Crippen LogP contribution in [0.1, 0.15) is 27.2 Å². The quantitative estimate of drug-likeness (QED) is 0.576. The van der Waals surface area contributed by atoms with E-state index in [0.29, 0.717) is 22.9 Å². The summed E-state index contributed by atoms with van der Waals surface area (Å²) in [5.41, 5.74) is 2.99. The first-order chi connectivity index (χ1) is 13.8. The van der Waals surface area contributed by atoms with E-state index in [1.54, 1.807) is 19.1 Å². The molecule has 1 amide bonds. The maximum absolute atomic E-state index is 12.5. The Kier molecular flexibility index (Phi) is 6.56. The number of aromatic nitrogens is 2. The van der Waals surface area contributed by atoms with Crippen molar-refractivity contribution in [3.63, 3.8) is 0 Å². The van der Waals surface area contributed by atoms with Gasteiger partial charge in [-0.15, -0.1) is 0 Å². The van der Waals surface area contributed by atoms with Gasteiger partial charge in [0.25, 0.3) is 5.91 Å². The van der Waals surface area contributed by atoms with E-state index < -0.39 is 18.5 Å². The molecule has 1 aromatic heterocycles. The number of halogens is 2. The second-order valence-corrected chi connectivity index (χ2v) is 7.26. The zero-order valence-corrected chi connectivity index (χ0v) is 17.4. The molecule has 3 rings (SSSR count). The van der Waals surface area contributed by atoms with Crippen LogP contribution in [0.2, 0.25) is 10.2 Å². The molecule has 0 bridgehead atoms. The van der Waals surface area contributed by atoms with Crippen LogP contribution in [-0.2, 0) is 16.1 Å². The van der Waals surface area contributed by atoms with Gasteiger partial charge in [0, 0.05) is 10.7 Å². The Labute approximate surface area is 178 Å². The van der Waals surface area contributed by atoms with Gasteiger partial charge in [-0.25, -0.2) is 9.48 Å². The average Bonchev–Trinajstić information content (AvgIpc) is 2.95. The lowest BCUT2D eigenvalue weighted by Gasteiger charge is -2.08. The van der Waals surface area contributed by atoms with Crippen LogP contribution in [0, 0.1) is 13.8 Å². The monoisotopic (exact) mass is 431 g/mol. The molecule has 6 nitrogen and oxygen atoms in total. The Balaban J connectivity index is 1.65. The normalized spacial score (nSPS) is 10.6. The highest BCUT2D eigenvalue weighted by molar-refractivity contribution is 6.33. The van der Waals surface area contributed by atoms with Crippen LogP contribution >= 0.6 is 23.2 Å². The molecule has 0 fully saturated rings. The number of anilines is 1. The fraction of sp³-hybridized carbons (Fsp3) is 0.190. The highest BCUT2D eigenvalue weighted by Crippen LogP contribution is 2.24. The molecule has 1 heterocycles. The molecule has 3 aromatic rings. The Bertz CT molecular complexity index is 1060. The third kappa shape index (κ3) is 5.16. The Morgan fingerprint density at radius 1 is 1.10 bits per heavy atom. The highest BCUT2D eigenvalue weighted by atomic mass is 35.5. The summed E-state index contributed by atoms with van der Waals surface area (Å²) in [5, 5.41) is 7.68. The molecule has 0 aliphatic rings. The Hall–Kier alpha value is -2.83. The van der Waals surface area contributed by atoms with Crippen LogP contribution in [0.3, 0.4) is 0 Å². The lowest BCUT2D eigenvalue weighted by molar-refractivity contribution is -0.119. The summed E-state index contributed by atoms with van der Waals surface area (Å²) >= 11 is 12.5. The maximum Gasteiger partial charge on any atom is 0.343 e. The van der Waals surface area contributed by atoms with Crippen molar-refractivity contribution < 1.29 is 14.3 Å². The van der Waals surface area contributed by atoms with Crippen molar-refractivity contribution in [1.82, 2.24) is 9.78 Å². The predicted molar refractivity (Wildman–Crippen MR) is 113 cm³/mol. The van der Waals surface area contributed by atoms with Gasteiger partial charge in [0.05, 0.1) is 12.2 Å². The molecule has 0 atom stereocenters. The summed E-state index contributed by atoms with van der Waals surface area (Å²) in [5.74, 6) is -1.15. The molecule has 0 saturated heterocycles. The van der Waals surface area contributed by atoms with Crippen molar-refractivity contribution in [2.24, 2.45) is 0 Å². The van der Waals surface area contributed by atoms with Gasteiger partial charge < -0.3 is 10.1 Å². The summed E-state index contributed by atoms with van der Waals surface area (Å²) in [6, 6.07) is 14.6.